The van der Waals surface area contributed by atoms with Crippen molar-refractivity contribution in [3.05, 3.63) is 29.1 Å². The summed E-state index contributed by atoms with van der Waals surface area (Å²) >= 11 is 0. The zero-order valence-corrected chi connectivity index (χ0v) is 21.2. The van der Waals surface area contributed by atoms with E-state index in [2.05, 4.69) is 23.6 Å². The summed E-state index contributed by atoms with van der Waals surface area (Å²) in [4.78, 5) is 31.3. The van der Waals surface area contributed by atoms with Crippen molar-refractivity contribution in [1.82, 2.24) is 14.5 Å². The number of aromatic nitrogens is 2. The molecule has 0 radical (unpaired) electrons. The molecule has 1 aromatic carbocycles. The number of rotatable bonds is 5. The van der Waals surface area contributed by atoms with Gasteiger partial charge in [-0.1, -0.05) is 38.2 Å². The van der Waals surface area contributed by atoms with Crippen molar-refractivity contribution in [2.45, 2.75) is 96.1 Å². The van der Waals surface area contributed by atoms with Crippen LogP contribution in [0.5, 0.6) is 0 Å². The highest BCUT2D eigenvalue weighted by Gasteiger charge is 2.34. The average molecular weight is 482 g/mol. The number of fused-ring (bicyclic) bond motifs is 3. The summed E-state index contributed by atoms with van der Waals surface area (Å²) in [5, 5.41) is 9.84. The molecule has 7 heteroatoms. The van der Waals surface area contributed by atoms with Crippen LogP contribution in [0.4, 0.5) is 4.79 Å². The van der Waals surface area contributed by atoms with Crippen LogP contribution in [-0.4, -0.2) is 45.3 Å². The van der Waals surface area contributed by atoms with Crippen molar-refractivity contribution in [3.63, 3.8) is 0 Å². The Morgan fingerprint density at radius 3 is 2.60 bits per heavy atom. The first kappa shape index (κ1) is 24.1. The molecule has 190 valence electrons. The number of hydrogen-bond donors (Lipinski definition) is 1. The number of imidazole rings is 1. The van der Waals surface area contributed by atoms with Crippen LogP contribution in [0, 0.1) is 11.8 Å². The normalized spacial score (nSPS) is 24.2. The van der Waals surface area contributed by atoms with E-state index in [1.54, 1.807) is 4.90 Å². The minimum atomic E-state index is -0.637. The molecule has 7 nitrogen and oxygen atoms in total. The lowest BCUT2D eigenvalue weighted by Gasteiger charge is -2.32. The molecule has 2 saturated carbocycles. The van der Waals surface area contributed by atoms with Crippen molar-refractivity contribution >= 4 is 23.1 Å². The van der Waals surface area contributed by atoms with E-state index >= 15 is 0 Å². The van der Waals surface area contributed by atoms with Gasteiger partial charge in [-0.05, 0) is 63.0 Å². The van der Waals surface area contributed by atoms with Gasteiger partial charge >= 0.3 is 12.1 Å². The fourth-order valence-electron chi connectivity index (χ4n) is 6.97. The molecule has 3 atom stereocenters. The van der Waals surface area contributed by atoms with Gasteiger partial charge in [0.05, 0.1) is 30.6 Å². The molecule has 35 heavy (non-hydrogen) atoms. The number of benzene rings is 1. The van der Waals surface area contributed by atoms with Gasteiger partial charge < -0.3 is 19.3 Å². The molecule has 2 heterocycles. The fourth-order valence-corrected chi connectivity index (χ4v) is 6.97. The maximum atomic E-state index is 12.3. The number of aliphatic carboxylic acids is 1. The summed E-state index contributed by atoms with van der Waals surface area (Å²) in [7, 11) is 1.44. The maximum Gasteiger partial charge on any atom is 0.409 e. The van der Waals surface area contributed by atoms with Crippen LogP contribution in [0.15, 0.2) is 12.1 Å². The van der Waals surface area contributed by atoms with Crippen molar-refractivity contribution < 1.29 is 19.4 Å². The number of carboxylic acids is 1. The molecule has 3 aliphatic rings. The van der Waals surface area contributed by atoms with Crippen molar-refractivity contribution in [1.29, 1.82) is 0 Å². The van der Waals surface area contributed by atoms with Gasteiger partial charge in [-0.2, -0.15) is 0 Å². The molecule has 0 unspecified atom stereocenters. The van der Waals surface area contributed by atoms with Gasteiger partial charge in [-0.15, -0.1) is 0 Å². The number of ether oxygens (including phenoxy) is 1. The topological polar surface area (TPSA) is 84.7 Å². The zero-order valence-electron chi connectivity index (χ0n) is 21.2. The van der Waals surface area contributed by atoms with Crippen LogP contribution in [0.2, 0.25) is 0 Å². The molecule has 5 rings (SSSR count). The van der Waals surface area contributed by atoms with E-state index in [0.29, 0.717) is 19.0 Å². The molecule has 0 spiro atoms. The second kappa shape index (κ2) is 10.2. The summed E-state index contributed by atoms with van der Waals surface area (Å²) in [6, 6.07) is 4.61. The Bertz CT molecular complexity index is 1090. The number of carboxylic acid groups (broad SMARTS) is 1. The molecule has 1 aromatic heterocycles. The van der Waals surface area contributed by atoms with Crippen LogP contribution in [0.25, 0.3) is 11.0 Å². The monoisotopic (exact) mass is 481 g/mol. The Kier molecular flexibility index (Phi) is 7.03. The summed E-state index contributed by atoms with van der Waals surface area (Å²) in [6.45, 7) is 3.44. The molecule has 2 fully saturated rings. The SMILES string of the molecule is COC(=O)N1CCc2ccc3c(nc(C4CCCCC4)n3[C@H](C)C[C@H]3CCCC[C@H]3C(=O)O)c2C1. The predicted octanol–water partition coefficient (Wildman–Crippen LogP) is 6.05. The Labute approximate surface area is 207 Å². The van der Waals surface area contributed by atoms with Gasteiger partial charge in [-0.3, -0.25) is 4.79 Å². The molecule has 1 aliphatic heterocycles. The minimum Gasteiger partial charge on any atom is -0.481 e. The van der Waals surface area contributed by atoms with Crippen molar-refractivity contribution in [2.24, 2.45) is 11.8 Å². The van der Waals surface area contributed by atoms with E-state index in [1.807, 2.05) is 0 Å². The van der Waals surface area contributed by atoms with Crippen LogP contribution >= 0.6 is 0 Å². The predicted molar refractivity (Wildman–Crippen MR) is 134 cm³/mol. The minimum absolute atomic E-state index is 0.181. The van der Waals surface area contributed by atoms with Crippen LogP contribution in [0.1, 0.15) is 100 Å². The molecule has 0 bridgehead atoms. The van der Waals surface area contributed by atoms with Gasteiger partial charge in [0.15, 0.2) is 0 Å². The molecule has 1 N–H and O–H groups in total. The Morgan fingerprint density at radius 2 is 1.86 bits per heavy atom. The van der Waals surface area contributed by atoms with E-state index in [1.165, 1.54) is 37.8 Å². The lowest BCUT2D eigenvalue weighted by atomic mass is 9.76. The highest BCUT2D eigenvalue weighted by molar-refractivity contribution is 5.82. The van der Waals surface area contributed by atoms with E-state index in [9.17, 15) is 14.7 Å². The van der Waals surface area contributed by atoms with E-state index < -0.39 is 5.97 Å². The van der Waals surface area contributed by atoms with E-state index in [4.69, 9.17) is 9.72 Å². The summed E-state index contributed by atoms with van der Waals surface area (Å²) < 4.78 is 7.45. The third-order valence-corrected chi connectivity index (χ3v) is 8.81. The number of methoxy groups -OCH3 is 1. The van der Waals surface area contributed by atoms with Gasteiger partial charge in [0.2, 0.25) is 0 Å². The van der Waals surface area contributed by atoms with Gasteiger partial charge in [0.1, 0.15) is 5.82 Å². The summed E-state index contributed by atoms with van der Waals surface area (Å²) in [6.07, 6.45) is 11.4. The molecular weight excluding hydrogens is 442 g/mol. The van der Waals surface area contributed by atoms with Crippen LogP contribution in [-0.2, 0) is 22.5 Å². The number of hydrogen-bond acceptors (Lipinski definition) is 4. The Balaban J connectivity index is 1.55. The van der Waals surface area contributed by atoms with Crippen LogP contribution in [0.3, 0.4) is 0 Å². The number of carbonyl (C=O) groups is 2. The quantitative estimate of drug-likeness (QED) is 0.562. The van der Waals surface area contributed by atoms with Crippen molar-refractivity contribution in [3.8, 4) is 0 Å². The second-order valence-corrected chi connectivity index (χ2v) is 11.0. The first-order chi connectivity index (χ1) is 17.0. The van der Waals surface area contributed by atoms with Gasteiger partial charge in [0, 0.05) is 24.1 Å². The third-order valence-electron chi connectivity index (χ3n) is 8.81. The largest absolute Gasteiger partial charge is 0.481 e. The lowest BCUT2D eigenvalue weighted by Crippen LogP contribution is -2.35. The van der Waals surface area contributed by atoms with E-state index in [0.717, 1.165) is 68.0 Å². The van der Waals surface area contributed by atoms with Crippen LogP contribution < -0.4 is 0 Å². The Morgan fingerprint density at radius 1 is 1.11 bits per heavy atom. The highest BCUT2D eigenvalue weighted by atomic mass is 16.5. The molecule has 1 amide bonds. The average Bonchev–Trinajstić information content (AvgIpc) is 3.29. The third kappa shape index (κ3) is 4.66. The lowest BCUT2D eigenvalue weighted by molar-refractivity contribution is -0.145. The smallest absolute Gasteiger partial charge is 0.409 e. The Hall–Kier alpha value is -2.57. The first-order valence-corrected chi connectivity index (χ1v) is 13.6. The maximum absolute atomic E-state index is 12.3. The standard InChI is InChI=1S/C28H39N3O4/c1-18(16-21-10-6-7-11-22(21)27(32)33)31-24-13-12-19-14-15-30(28(34)35-2)17-23(19)25(24)29-26(31)20-8-4-3-5-9-20/h12-13,18,20-22H,3-11,14-17H2,1-2H3,(H,32,33)/t18-,21-,22-/m1/s1. The fraction of sp³-hybridized carbons (Fsp3) is 0.679. The molecular formula is C28H39N3O4. The summed E-state index contributed by atoms with van der Waals surface area (Å²) in [5.74, 6) is 0.942. The summed E-state index contributed by atoms with van der Waals surface area (Å²) in [5.41, 5.74) is 4.56. The van der Waals surface area contributed by atoms with Crippen molar-refractivity contribution in [2.75, 3.05) is 13.7 Å². The number of carbonyl (C=O) groups excluding carboxylic acids is 1. The molecule has 2 aromatic rings. The number of amides is 1. The van der Waals surface area contributed by atoms with E-state index in [-0.39, 0.29) is 24.0 Å². The van der Waals surface area contributed by atoms with Gasteiger partial charge in [-0.25, -0.2) is 9.78 Å². The molecule has 0 saturated heterocycles. The van der Waals surface area contributed by atoms with Gasteiger partial charge in [0.25, 0.3) is 0 Å². The molecule has 2 aliphatic carbocycles. The highest BCUT2D eigenvalue weighted by Crippen LogP contribution is 2.41. The second-order valence-electron chi connectivity index (χ2n) is 11.0. The first-order valence-electron chi connectivity index (χ1n) is 13.6. The zero-order chi connectivity index (χ0) is 24.5. The number of nitrogens with zero attached hydrogens (tertiary/aromatic N) is 3.